The van der Waals surface area contributed by atoms with Gasteiger partial charge in [0.1, 0.15) is 0 Å². The Labute approximate surface area is 92.9 Å². The smallest absolute Gasteiger partial charge is 0.0792 e. The first-order chi connectivity index (χ1) is 7.33. The van der Waals surface area contributed by atoms with Crippen LogP contribution < -0.4 is 5.73 Å². The van der Waals surface area contributed by atoms with Crippen LogP contribution in [0.25, 0.3) is 0 Å². The zero-order chi connectivity index (χ0) is 10.7. The van der Waals surface area contributed by atoms with Crippen LogP contribution >= 0.6 is 0 Å². The number of ether oxygens (including phenoxy) is 1. The Balaban J connectivity index is 1.96. The maximum atomic E-state index is 6.33. The van der Waals surface area contributed by atoms with E-state index in [2.05, 4.69) is 13.0 Å². The molecule has 0 aromatic rings. The average Bonchev–Trinajstić information content (AvgIpc) is 3.10. The molecule has 1 fully saturated rings. The molecule has 2 heteroatoms. The van der Waals surface area contributed by atoms with Gasteiger partial charge in [-0.2, -0.15) is 0 Å². The predicted octanol–water partition coefficient (Wildman–Crippen LogP) is 2.63. The molecule has 0 radical (unpaired) electrons. The van der Waals surface area contributed by atoms with Gasteiger partial charge in [0, 0.05) is 6.61 Å². The maximum Gasteiger partial charge on any atom is 0.0792 e. The summed E-state index contributed by atoms with van der Waals surface area (Å²) in [7, 11) is 0. The summed E-state index contributed by atoms with van der Waals surface area (Å²) in [6.07, 6.45) is 10.3. The van der Waals surface area contributed by atoms with Gasteiger partial charge in [-0.3, -0.25) is 0 Å². The molecule has 0 saturated heterocycles. The van der Waals surface area contributed by atoms with E-state index in [4.69, 9.17) is 10.5 Å². The third-order valence-electron chi connectivity index (χ3n) is 3.55. The predicted molar refractivity (Wildman–Crippen MR) is 62.7 cm³/mol. The van der Waals surface area contributed by atoms with Gasteiger partial charge in [0.2, 0.25) is 0 Å². The highest BCUT2D eigenvalue weighted by atomic mass is 16.5. The molecule has 86 valence electrons. The van der Waals surface area contributed by atoms with Crippen molar-refractivity contribution in [3.63, 3.8) is 0 Å². The van der Waals surface area contributed by atoms with Gasteiger partial charge in [-0.05, 0) is 51.4 Å². The van der Waals surface area contributed by atoms with Gasteiger partial charge in [0.25, 0.3) is 0 Å². The lowest BCUT2D eigenvalue weighted by Gasteiger charge is -2.27. The van der Waals surface area contributed by atoms with Crippen molar-refractivity contribution in [2.45, 2.75) is 57.6 Å². The highest BCUT2D eigenvalue weighted by Crippen LogP contribution is 2.37. The Morgan fingerprint density at radius 3 is 2.80 bits per heavy atom. The SMILES string of the molecule is CCOC(C1CC1)C(N)C1=CCCCC1. The minimum absolute atomic E-state index is 0.165. The molecule has 0 spiro atoms. The van der Waals surface area contributed by atoms with Crippen LogP contribution in [0, 0.1) is 5.92 Å². The summed E-state index contributed by atoms with van der Waals surface area (Å²) in [5, 5.41) is 0. The molecule has 2 nitrogen and oxygen atoms in total. The van der Waals surface area contributed by atoms with E-state index in [1.807, 2.05) is 0 Å². The summed E-state index contributed by atoms with van der Waals surface area (Å²) < 4.78 is 5.82. The van der Waals surface area contributed by atoms with Crippen LogP contribution in [0.15, 0.2) is 11.6 Å². The van der Waals surface area contributed by atoms with Crippen LogP contribution in [0.5, 0.6) is 0 Å². The van der Waals surface area contributed by atoms with Crippen LogP contribution in [0.1, 0.15) is 45.4 Å². The minimum Gasteiger partial charge on any atom is -0.376 e. The van der Waals surface area contributed by atoms with E-state index in [1.165, 1.54) is 44.1 Å². The van der Waals surface area contributed by atoms with E-state index in [1.54, 1.807) is 0 Å². The van der Waals surface area contributed by atoms with Crippen molar-refractivity contribution in [1.82, 2.24) is 0 Å². The Morgan fingerprint density at radius 2 is 2.27 bits per heavy atom. The molecule has 2 aliphatic rings. The molecular formula is C13H23NO. The molecule has 0 aromatic carbocycles. The standard InChI is InChI=1S/C13H23NO/c1-2-15-13(11-8-9-11)12(14)10-6-4-3-5-7-10/h6,11-13H,2-5,7-9,14H2,1H3. The fraction of sp³-hybridized carbons (Fsp3) is 0.846. The van der Waals surface area contributed by atoms with Gasteiger partial charge in [-0.15, -0.1) is 0 Å². The Hall–Kier alpha value is -0.340. The molecule has 2 aliphatic carbocycles. The Morgan fingerprint density at radius 1 is 1.47 bits per heavy atom. The van der Waals surface area contributed by atoms with Gasteiger partial charge in [-0.1, -0.05) is 11.6 Å². The van der Waals surface area contributed by atoms with Crippen molar-refractivity contribution in [2.24, 2.45) is 11.7 Å². The molecule has 2 atom stereocenters. The average molecular weight is 209 g/mol. The lowest BCUT2D eigenvalue weighted by atomic mass is 9.90. The van der Waals surface area contributed by atoms with Crippen molar-refractivity contribution in [3.05, 3.63) is 11.6 Å². The minimum atomic E-state index is 0.165. The Kier molecular flexibility index (Phi) is 3.81. The van der Waals surface area contributed by atoms with Crippen LogP contribution in [-0.4, -0.2) is 18.8 Å². The second-order valence-electron chi connectivity index (χ2n) is 4.81. The van der Waals surface area contributed by atoms with Crippen LogP contribution in [-0.2, 0) is 4.74 Å². The molecule has 15 heavy (non-hydrogen) atoms. The second kappa shape index (κ2) is 5.13. The number of allylic oxidation sites excluding steroid dienone is 1. The summed E-state index contributed by atoms with van der Waals surface area (Å²) in [5.74, 6) is 0.739. The van der Waals surface area contributed by atoms with E-state index < -0.39 is 0 Å². The largest absolute Gasteiger partial charge is 0.376 e. The van der Waals surface area contributed by atoms with Gasteiger partial charge >= 0.3 is 0 Å². The lowest BCUT2D eigenvalue weighted by Crippen LogP contribution is -2.40. The van der Waals surface area contributed by atoms with Crippen molar-refractivity contribution in [3.8, 4) is 0 Å². The first-order valence-electron chi connectivity index (χ1n) is 6.39. The molecule has 0 amide bonds. The second-order valence-corrected chi connectivity index (χ2v) is 4.81. The topological polar surface area (TPSA) is 35.2 Å². The molecule has 0 aromatic heterocycles. The summed E-state index contributed by atoms with van der Waals surface area (Å²) in [4.78, 5) is 0. The van der Waals surface area contributed by atoms with Crippen LogP contribution in [0.4, 0.5) is 0 Å². The van der Waals surface area contributed by atoms with Gasteiger partial charge in [0.15, 0.2) is 0 Å². The first kappa shape index (κ1) is 11.2. The molecule has 2 N–H and O–H groups in total. The number of hydrogen-bond donors (Lipinski definition) is 1. The fourth-order valence-corrected chi connectivity index (χ4v) is 2.53. The molecular weight excluding hydrogens is 186 g/mol. The normalized spacial score (nSPS) is 25.9. The van der Waals surface area contributed by atoms with Gasteiger partial charge in [0.05, 0.1) is 12.1 Å². The number of nitrogens with two attached hydrogens (primary N) is 1. The van der Waals surface area contributed by atoms with Crippen molar-refractivity contribution in [2.75, 3.05) is 6.61 Å². The summed E-state index contributed by atoms with van der Waals surface area (Å²) in [5.41, 5.74) is 7.78. The Bertz CT molecular complexity index is 233. The number of hydrogen-bond acceptors (Lipinski definition) is 2. The summed E-state index contributed by atoms with van der Waals surface area (Å²) >= 11 is 0. The molecule has 2 rings (SSSR count). The molecule has 0 bridgehead atoms. The van der Waals surface area contributed by atoms with E-state index in [-0.39, 0.29) is 6.04 Å². The zero-order valence-electron chi connectivity index (χ0n) is 9.74. The van der Waals surface area contributed by atoms with E-state index in [9.17, 15) is 0 Å². The third-order valence-corrected chi connectivity index (χ3v) is 3.55. The van der Waals surface area contributed by atoms with Crippen LogP contribution in [0.2, 0.25) is 0 Å². The van der Waals surface area contributed by atoms with E-state index in [0.717, 1.165) is 12.5 Å². The molecule has 0 heterocycles. The fourth-order valence-electron chi connectivity index (χ4n) is 2.53. The molecule has 2 unspecified atom stereocenters. The van der Waals surface area contributed by atoms with Gasteiger partial charge in [-0.25, -0.2) is 0 Å². The summed E-state index contributed by atoms with van der Waals surface area (Å²) in [6.45, 7) is 2.86. The van der Waals surface area contributed by atoms with Gasteiger partial charge < -0.3 is 10.5 Å². The molecule has 0 aliphatic heterocycles. The lowest BCUT2D eigenvalue weighted by molar-refractivity contribution is 0.0354. The quantitative estimate of drug-likeness (QED) is 0.706. The van der Waals surface area contributed by atoms with E-state index >= 15 is 0 Å². The van der Waals surface area contributed by atoms with E-state index in [0.29, 0.717) is 6.10 Å². The maximum absolute atomic E-state index is 6.33. The third kappa shape index (κ3) is 2.82. The highest BCUT2D eigenvalue weighted by Gasteiger charge is 2.36. The van der Waals surface area contributed by atoms with Crippen molar-refractivity contribution >= 4 is 0 Å². The number of rotatable bonds is 5. The summed E-state index contributed by atoms with van der Waals surface area (Å²) in [6, 6.07) is 0.165. The van der Waals surface area contributed by atoms with Crippen molar-refractivity contribution < 1.29 is 4.74 Å². The molecule has 1 saturated carbocycles. The zero-order valence-corrected chi connectivity index (χ0v) is 9.74. The monoisotopic (exact) mass is 209 g/mol. The van der Waals surface area contributed by atoms with Crippen molar-refractivity contribution in [1.29, 1.82) is 0 Å². The van der Waals surface area contributed by atoms with Crippen LogP contribution in [0.3, 0.4) is 0 Å². The highest BCUT2D eigenvalue weighted by molar-refractivity contribution is 5.16. The first-order valence-corrected chi connectivity index (χ1v) is 6.39.